The van der Waals surface area contributed by atoms with Gasteiger partial charge in [-0.2, -0.15) is 0 Å². The third kappa shape index (κ3) is 3.53. The van der Waals surface area contributed by atoms with Crippen molar-refractivity contribution in [1.82, 2.24) is 9.88 Å². The second kappa shape index (κ2) is 9.01. The molecule has 2 heterocycles. The fourth-order valence-electron chi connectivity index (χ4n) is 12.8. The average Bonchev–Trinajstić information content (AvgIpc) is 3.56. The van der Waals surface area contributed by atoms with Crippen LogP contribution in [0.15, 0.2) is 24.5 Å². The number of aromatic nitrogens is 1. The lowest BCUT2D eigenvalue weighted by Gasteiger charge is -2.63. The second-order valence-electron chi connectivity index (χ2n) is 16.4. The van der Waals surface area contributed by atoms with E-state index in [2.05, 4.69) is 39.6 Å². The topological polar surface area (TPSA) is 82.9 Å². The van der Waals surface area contributed by atoms with E-state index in [1.807, 2.05) is 23.2 Å². The van der Waals surface area contributed by atoms with Gasteiger partial charge in [0.1, 0.15) is 0 Å². The van der Waals surface area contributed by atoms with Crippen LogP contribution in [0.1, 0.15) is 98.5 Å². The van der Waals surface area contributed by atoms with Gasteiger partial charge in [-0.1, -0.05) is 40.7 Å². The number of ether oxygens (including phenoxy) is 1. The minimum Gasteiger partial charge on any atom is -0.393 e. The molecule has 1 aromatic heterocycles. The van der Waals surface area contributed by atoms with E-state index in [-0.39, 0.29) is 40.5 Å². The number of carbonyl (C=O) groups excluding carboxylic acids is 1. The van der Waals surface area contributed by atoms with E-state index in [0.717, 1.165) is 37.7 Å². The standard InChI is InChI=1S/C35H52N2O4/c1-21-16-24(19-37(22(2)38)18-23-8-7-15-36-17-23)41-29-28(21)32(5)13-14-35-20-34(35)12-11-27(39)31(3,4)25(34)9-10-26(35)33(32,6)30(29)40/h7-8,15,17,21,24-30,39-40H,9-14,16,18-20H2,1-6H3/t21-,24?,25+,26?,27+,28+,29?,30+,32-,33-,34?,35+/m1/s1. The Morgan fingerprint density at radius 3 is 2.51 bits per heavy atom. The molecule has 41 heavy (non-hydrogen) atoms. The molecule has 5 aliphatic carbocycles. The van der Waals surface area contributed by atoms with Gasteiger partial charge in [-0.05, 0) is 108 Å². The molecule has 2 N–H and O–H groups in total. The highest BCUT2D eigenvalue weighted by Crippen LogP contribution is 2.89. The molecule has 6 aliphatic rings. The van der Waals surface area contributed by atoms with Gasteiger partial charge >= 0.3 is 0 Å². The minimum atomic E-state index is -0.495. The Kier molecular flexibility index (Phi) is 6.22. The van der Waals surface area contributed by atoms with Crippen LogP contribution >= 0.6 is 0 Å². The Labute approximate surface area is 246 Å². The zero-order valence-corrected chi connectivity index (χ0v) is 26.1. The lowest BCUT2D eigenvalue weighted by atomic mass is 9.41. The number of aliphatic hydroxyl groups excluding tert-OH is 2. The molecule has 1 saturated heterocycles. The lowest BCUT2D eigenvalue weighted by Crippen LogP contribution is -2.59. The maximum absolute atomic E-state index is 12.7. The molecule has 226 valence electrons. The molecule has 7 rings (SSSR count). The molecule has 6 heteroatoms. The van der Waals surface area contributed by atoms with Crippen molar-refractivity contribution >= 4 is 5.91 Å². The summed E-state index contributed by atoms with van der Waals surface area (Å²) >= 11 is 0. The van der Waals surface area contributed by atoms with E-state index in [1.54, 1.807) is 13.1 Å². The number of rotatable bonds is 4. The summed E-state index contributed by atoms with van der Waals surface area (Å²) in [5.74, 6) is 1.89. The lowest BCUT2D eigenvalue weighted by molar-refractivity contribution is -0.182. The Bertz CT molecular complexity index is 1210. The molecular formula is C35H52N2O4. The minimum absolute atomic E-state index is 0.0279. The first-order valence-corrected chi connectivity index (χ1v) is 16.5. The third-order valence-electron chi connectivity index (χ3n) is 14.8. The largest absolute Gasteiger partial charge is 0.393 e. The maximum Gasteiger partial charge on any atom is 0.219 e. The maximum atomic E-state index is 12.7. The number of aliphatic hydroxyl groups is 2. The number of fused-ring (bicyclic) bond motifs is 4. The van der Waals surface area contributed by atoms with Crippen LogP contribution < -0.4 is 0 Å². The average molecular weight is 565 g/mol. The van der Waals surface area contributed by atoms with E-state index in [1.165, 1.54) is 19.3 Å². The van der Waals surface area contributed by atoms with Crippen molar-refractivity contribution in [2.45, 2.75) is 124 Å². The molecule has 0 radical (unpaired) electrons. The van der Waals surface area contributed by atoms with Gasteiger partial charge in [0.25, 0.3) is 0 Å². The highest BCUT2D eigenvalue weighted by molar-refractivity contribution is 5.73. The van der Waals surface area contributed by atoms with Crippen LogP contribution in [0.4, 0.5) is 0 Å². The van der Waals surface area contributed by atoms with Gasteiger partial charge in [-0.25, -0.2) is 0 Å². The second-order valence-corrected chi connectivity index (χ2v) is 16.4. The number of amides is 1. The number of carbonyl (C=O) groups is 1. The summed E-state index contributed by atoms with van der Waals surface area (Å²) in [6.45, 7) is 14.7. The molecule has 12 atom stereocenters. The highest BCUT2D eigenvalue weighted by atomic mass is 16.5. The smallest absolute Gasteiger partial charge is 0.219 e. The van der Waals surface area contributed by atoms with Gasteiger partial charge < -0.3 is 19.8 Å². The van der Waals surface area contributed by atoms with Crippen molar-refractivity contribution in [3.8, 4) is 0 Å². The van der Waals surface area contributed by atoms with Gasteiger partial charge in [0.05, 0.1) is 24.4 Å². The Balaban J connectivity index is 1.16. The van der Waals surface area contributed by atoms with E-state index >= 15 is 0 Å². The van der Waals surface area contributed by atoms with Crippen LogP contribution in [0.25, 0.3) is 0 Å². The van der Waals surface area contributed by atoms with Crippen LogP contribution in [-0.4, -0.2) is 57.0 Å². The molecule has 6 fully saturated rings. The van der Waals surface area contributed by atoms with Gasteiger partial charge in [-0.15, -0.1) is 0 Å². The molecule has 1 aromatic rings. The molecular weight excluding hydrogens is 512 g/mol. The molecule has 0 aromatic carbocycles. The number of pyridine rings is 1. The SMILES string of the molecule is CC(=O)N(Cc1cccnc1)CC1C[C@@H](C)[C@H]2C(O1)[C@H](O)[C@@]1(C)C3CC[C@H]4C(C)(C)[C@@H](O)CCC45C[C@@]35CC[C@]21C. The predicted octanol–water partition coefficient (Wildman–Crippen LogP) is 5.60. The summed E-state index contributed by atoms with van der Waals surface area (Å²) in [6.07, 6.45) is 11.7. The van der Waals surface area contributed by atoms with E-state index in [0.29, 0.717) is 47.6 Å². The first-order valence-electron chi connectivity index (χ1n) is 16.5. The van der Waals surface area contributed by atoms with E-state index < -0.39 is 6.10 Å². The van der Waals surface area contributed by atoms with Crippen molar-refractivity contribution in [2.75, 3.05) is 6.54 Å². The molecule has 5 saturated carbocycles. The highest BCUT2D eigenvalue weighted by Gasteiger charge is 2.84. The first kappa shape index (κ1) is 28.3. The molecule has 1 amide bonds. The Hall–Kier alpha value is -1.50. The van der Waals surface area contributed by atoms with E-state index in [4.69, 9.17) is 4.74 Å². The predicted molar refractivity (Wildman–Crippen MR) is 157 cm³/mol. The summed E-state index contributed by atoms with van der Waals surface area (Å²) in [6, 6.07) is 3.93. The quantitative estimate of drug-likeness (QED) is 0.497. The summed E-state index contributed by atoms with van der Waals surface area (Å²) in [4.78, 5) is 18.8. The van der Waals surface area contributed by atoms with Gasteiger partial charge in [-0.3, -0.25) is 9.78 Å². The van der Waals surface area contributed by atoms with E-state index in [9.17, 15) is 15.0 Å². The summed E-state index contributed by atoms with van der Waals surface area (Å²) in [7, 11) is 0. The Morgan fingerprint density at radius 1 is 1.07 bits per heavy atom. The summed E-state index contributed by atoms with van der Waals surface area (Å²) < 4.78 is 6.92. The zero-order chi connectivity index (χ0) is 29.2. The molecule has 6 nitrogen and oxygen atoms in total. The van der Waals surface area contributed by atoms with Gasteiger partial charge in [0, 0.05) is 37.8 Å². The number of hydrogen-bond acceptors (Lipinski definition) is 5. The zero-order valence-electron chi connectivity index (χ0n) is 26.1. The Morgan fingerprint density at radius 2 is 1.80 bits per heavy atom. The van der Waals surface area contributed by atoms with Gasteiger partial charge in [0.2, 0.25) is 5.91 Å². The monoisotopic (exact) mass is 564 g/mol. The summed E-state index contributed by atoms with van der Waals surface area (Å²) in [5, 5.41) is 23.4. The van der Waals surface area contributed by atoms with Crippen LogP contribution in [-0.2, 0) is 16.1 Å². The first-order chi connectivity index (χ1) is 19.3. The fourth-order valence-corrected chi connectivity index (χ4v) is 12.8. The fraction of sp³-hybridized carbons (Fsp3) is 0.829. The molecule has 2 spiro atoms. The summed E-state index contributed by atoms with van der Waals surface area (Å²) in [5.41, 5.74) is 1.50. The van der Waals surface area contributed by atoms with Crippen molar-refractivity contribution in [3.05, 3.63) is 30.1 Å². The van der Waals surface area contributed by atoms with Crippen LogP contribution in [0.2, 0.25) is 0 Å². The van der Waals surface area contributed by atoms with Crippen molar-refractivity contribution in [1.29, 1.82) is 0 Å². The molecule has 0 bridgehead atoms. The van der Waals surface area contributed by atoms with Crippen molar-refractivity contribution in [2.24, 2.45) is 50.7 Å². The number of hydrogen-bond donors (Lipinski definition) is 2. The molecule has 1 aliphatic heterocycles. The third-order valence-corrected chi connectivity index (χ3v) is 14.8. The van der Waals surface area contributed by atoms with Gasteiger partial charge in [0.15, 0.2) is 0 Å². The van der Waals surface area contributed by atoms with Crippen molar-refractivity contribution < 1.29 is 19.7 Å². The van der Waals surface area contributed by atoms with Crippen LogP contribution in [0.5, 0.6) is 0 Å². The van der Waals surface area contributed by atoms with Crippen LogP contribution in [0, 0.1) is 50.7 Å². The van der Waals surface area contributed by atoms with Crippen molar-refractivity contribution in [3.63, 3.8) is 0 Å². The molecule has 4 unspecified atom stereocenters. The number of nitrogens with zero attached hydrogens (tertiary/aromatic N) is 2. The normalized spacial score (nSPS) is 50.9. The van der Waals surface area contributed by atoms with Crippen LogP contribution in [0.3, 0.4) is 0 Å².